The first-order chi connectivity index (χ1) is 12.9. The van der Waals surface area contributed by atoms with Crippen molar-refractivity contribution in [3.63, 3.8) is 0 Å². The maximum atomic E-state index is 12.9. The largest absolute Gasteiger partial charge is 0.493 e. The normalized spacial score (nSPS) is 19.0. The van der Waals surface area contributed by atoms with Crippen molar-refractivity contribution in [2.75, 3.05) is 27.3 Å². The summed E-state index contributed by atoms with van der Waals surface area (Å²) in [7, 11) is 3.02. The van der Waals surface area contributed by atoms with Crippen molar-refractivity contribution in [3.8, 4) is 11.5 Å². The Bertz CT molecular complexity index is 852. The quantitative estimate of drug-likeness (QED) is 0.849. The van der Waals surface area contributed by atoms with Crippen molar-refractivity contribution in [2.45, 2.75) is 5.92 Å². The molecule has 1 aliphatic rings. The molecule has 2 atom stereocenters. The van der Waals surface area contributed by atoms with Gasteiger partial charge in [0.1, 0.15) is 0 Å². The Morgan fingerprint density at radius 2 is 1.70 bits per heavy atom. The number of rotatable bonds is 5. The summed E-state index contributed by atoms with van der Waals surface area (Å²) in [6.45, 7) is 0.474. The van der Waals surface area contributed by atoms with Gasteiger partial charge in [-0.05, 0) is 35.9 Å². The molecule has 2 aromatic rings. The number of carboxylic acid groups (broad SMARTS) is 1. The lowest BCUT2D eigenvalue weighted by molar-refractivity contribution is -0.141. The van der Waals surface area contributed by atoms with Crippen LogP contribution in [-0.2, 0) is 4.79 Å². The van der Waals surface area contributed by atoms with Crippen LogP contribution in [0.15, 0.2) is 42.5 Å². The van der Waals surface area contributed by atoms with Crippen LogP contribution in [0.4, 0.5) is 0 Å². The summed E-state index contributed by atoms with van der Waals surface area (Å²) >= 11 is 5.93. The predicted octanol–water partition coefficient (Wildman–Crippen LogP) is 3.30. The molecule has 7 heteroatoms. The molecule has 1 heterocycles. The zero-order valence-electron chi connectivity index (χ0n) is 15.0. The summed E-state index contributed by atoms with van der Waals surface area (Å²) in [6.07, 6.45) is 0. The Morgan fingerprint density at radius 1 is 1.04 bits per heavy atom. The molecule has 142 valence electrons. The number of likely N-dealkylation sites (tertiary alicyclic amines) is 1. The van der Waals surface area contributed by atoms with Crippen molar-refractivity contribution >= 4 is 23.5 Å². The first-order valence-corrected chi connectivity index (χ1v) is 8.82. The van der Waals surface area contributed by atoms with Crippen LogP contribution in [0.3, 0.4) is 0 Å². The maximum Gasteiger partial charge on any atom is 0.308 e. The molecule has 0 bridgehead atoms. The fraction of sp³-hybridized carbons (Fsp3) is 0.300. The van der Waals surface area contributed by atoms with Gasteiger partial charge in [-0.2, -0.15) is 0 Å². The van der Waals surface area contributed by atoms with E-state index >= 15 is 0 Å². The van der Waals surface area contributed by atoms with Crippen LogP contribution in [0.5, 0.6) is 11.5 Å². The van der Waals surface area contributed by atoms with E-state index in [1.165, 1.54) is 14.2 Å². The average molecular weight is 390 g/mol. The summed E-state index contributed by atoms with van der Waals surface area (Å²) in [5.41, 5.74) is 1.28. The van der Waals surface area contributed by atoms with Gasteiger partial charge in [-0.15, -0.1) is 0 Å². The fourth-order valence-corrected chi connectivity index (χ4v) is 3.55. The molecular weight excluding hydrogens is 370 g/mol. The molecule has 3 rings (SSSR count). The standard InChI is InChI=1S/C20H20ClNO5/c1-26-17-8-5-13(9-18(17)27-2)19(23)22-10-15(16(11-22)20(24)25)12-3-6-14(21)7-4-12/h3-9,15-16H,10-11H2,1-2H3,(H,24,25)/t15-,16+/m0/s1. The third kappa shape index (κ3) is 3.85. The van der Waals surface area contributed by atoms with Gasteiger partial charge in [-0.1, -0.05) is 23.7 Å². The molecule has 1 amide bonds. The molecule has 0 saturated carbocycles. The van der Waals surface area contributed by atoms with Gasteiger partial charge in [0.25, 0.3) is 5.91 Å². The van der Waals surface area contributed by atoms with Crippen molar-refractivity contribution < 1.29 is 24.2 Å². The number of hydrogen-bond acceptors (Lipinski definition) is 4. The summed E-state index contributed by atoms with van der Waals surface area (Å²) in [6, 6.07) is 12.0. The van der Waals surface area contributed by atoms with Gasteiger partial charge >= 0.3 is 5.97 Å². The van der Waals surface area contributed by atoms with E-state index in [1.54, 1.807) is 35.2 Å². The molecule has 27 heavy (non-hydrogen) atoms. The molecule has 0 aromatic heterocycles. The van der Waals surface area contributed by atoms with Crippen molar-refractivity contribution in [1.29, 1.82) is 0 Å². The first kappa shape index (κ1) is 19.0. The van der Waals surface area contributed by atoms with Crippen LogP contribution in [0.1, 0.15) is 21.8 Å². The highest BCUT2D eigenvalue weighted by atomic mass is 35.5. The highest BCUT2D eigenvalue weighted by Crippen LogP contribution is 2.35. The number of benzene rings is 2. The zero-order chi connectivity index (χ0) is 19.6. The second-order valence-electron chi connectivity index (χ2n) is 6.38. The van der Waals surface area contributed by atoms with Gasteiger partial charge in [0.2, 0.25) is 0 Å². The van der Waals surface area contributed by atoms with Gasteiger partial charge in [0, 0.05) is 29.6 Å². The van der Waals surface area contributed by atoms with E-state index in [2.05, 4.69) is 0 Å². The summed E-state index contributed by atoms with van der Waals surface area (Å²) in [5.74, 6) is -1.14. The molecule has 1 aliphatic heterocycles. The minimum atomic E-state index is -0.919. The van der Waals surface area contributed by atoms with E-state index in [4.69, 9.17) is 21.1 Å². The number of carbonyl (C=O) groups is 2. The number of amides is 1. The third-order valence-corrected chi connectivity index (χ3v) is 5.10. The molecular formula is C20H20ClNO5. The van der Waals surface area contributed by atoms with Crippen LogP contribution in [0.2, 0.25) is 5.02 Å². The van der Waals surface area contributed by atoms with E-state index in [0.29, 0.717) is 28.6 Å². The van der Waals surface area contributed by atoms with Crippen molar-refractivity contribution in [3.05, 3.63) is 58.6 Å². The minimum Gasteiger partial charge on any atom is -0.493 e. The van der Waals surface area contributed by atoms with E-state index in [9.17, 15) is 14.7 Å². The number of carbonyl (C=O) groups excluding carboxylic acids is 1. The number of aliphatic carboxylic acids is 1. The Hall–Kier alpha value is -2.73. The SMILES string of the molecule is COc1ccc(C(=O)N2C[C@@H](C(=O)O)[C@H](c3ccc(Cl)cc3)C2)cc1OC. The molecule has 1 fully saturated rings. The number of nitrogens with zero attached hydrogens (tertiary/aromatic N) is 1. The molecule has 0 radical (unpaired) electrons. The van der Waals surface area contributed by atoms with E-state index in [-0.39, 0.29) is 18.4 Å². The topological polar surface area (TPSA) is 76.1 Å². The fourth-order valence-electron chi connectivity index (χ4n) is 3.42. The van der Waals surface area contributed by atoms with E-state index in [1.807, 2.05) is 12.1 Å². The average Bonchev–Trinajstić information content (AvgIpc) is 3.13. The van der Waals surface area contributed by atoms with Gasteiger partial charge in [-0.3, -0.25) is 9.59 Å². The van der Waals surface area contributed by atoms with Gasteiger partial charge in [0.05, 0.1) is 20.1 Å². The monoisotopic (exact) mass is 389 g/mol. The minimum absolute atomic E-state index is 0.149. The Labute approximate surface area is 162 Å². The molecule has 0 aliphatic carbocycles. The Balaban J connectivity index is 1.86. The molecule has 0 unspecified atom stereocenters. The highest BCUT2D eigenvalue weighted by molar-refractivity contribution is 6.30. The van der Waals surface area contributed by atoms with Crippen molar-refractivity contribution in [1.82, 2.24) is 4.90 Å². The number of ether oxygens (including phenoxy) is 2. The van der Waals surface area contributed by atoms with Crippen LogP contribution in [0.25, 0.3) is 0 Å². The Kier molecular flexibility index (Phi) is 5.56. The first-order valence-electron chi connectivity index (χ1n) is 8.44. The van der Waals surface area contributed by atoms with Crippen LogP contribution in [-0.4, -0.2) is 49.2 Å². The smallest absolute Gasteiger partial charge is 0.308 e. The number of hydrogen-bond donors (Lipinski definition) is 1. The van der Waals surface area contributed by atoms with Crippen molar-refractivity contribution in [2.24, 2.45) is 5.92 Å². The lowest BCUT2D eigenvalue weighted by Crippen LogP contribution is -2.29. The van der Waals surface area contributed by atoms with Gasteiger partial charge in [-0.25, -0.2) is 0 Å². The third-order valence-electron chi connectivity index (χ3n) is 4.85. The summed E-state index contributed by atoms with van der Waals surface area (Å²) in [5, 5.41) is 10.2. The van der Waals surface area contributed by atoms with Gasteiger partial charge < -0.3 is 19.5 Å². The van der Waals surface area contributed by atoms with E-state index in [0.717, 1.165) is 5.56 Å². The summed E-state index contributed by atoms with van der Waals surface area (Å²) in [4.78, 5) is 26.2. The van der Waals surface area contributed by atoms with Crippen LogP contribution >= 0.6 is 11.6 Å². The Morgan fingerprint density at radius 3 is 2.30 bits per heavy atom. The molecule has 0 spiro atoms. The molecule has 6 nitrogen and oxygen atoms in total. The lowest BCUT2D eigenvalue weighted by Gasteiger charge is -2.17. The number of methoxy groups -OCH3 is 2. The number of halogens is 1. The zero-order valence-corrected chi connectivity index (χ0v) is 15.8. The van der Waals surface area contributed by atoms with Gasteiger partial charge in [0.15, 0.2) is 11.5 Å². The molecule has 1 N–H and O–H groups in total. The highest BCUT2D eigenvalue weighted by Gasteiger charge is 2.40. The summed E-state index contributed by atoms with van der Waals surface area (Å²) < 4.78 is 10.4. The van der Waals surface area contributed by atoms with Crippen LogP contribution < -0.4 is 9.47 Å². The lowest BCUT2D eigenvalue weighted by atomic mass is 9.89. The van der Waals surface area contributed by atoms with Crippen LogP contribution in [0, 0.1) is 5.92 Å². The molecule has 2 aromatic carbocycles. The van der Waals surface area contributed by atoms with E-state index < -0.39 is 11.9 Å². The maximum absolute atomic E-state index is 12.9. The molecule has 1 saturated heterocycles. The predicted molar refractivity (Wildman–Crippen MR) is 101 cm³/mol. The second-order valence-corrected chi connectivity index (χ2v) is 6.82. The number of carboxylic acids is 1. The second kappa shape index (κ2) is 7.88.